The molecule has 1 atom stereocenters. The summed E-state index contributed by atoms with van der Waals surface area (Å²) < 4.78 is 9.27. The number of para-hydroxylation sites is 1. The van der Waals surface area contributed by atoms with Gasteiger partial charge in [0.2, 0.25) is 5.95 Å². The van der Waals surface area contributed by atoms with Gasteiger partial charge in [-0.1, -0.05) is 18.2 Å². The number of fused-ring (bicyclic) bond motifs is 1. The molecule has 1 unspecified atom stereocenters. The first-order valence-corrected chi connectivity index (χ1v) is 8.09. The Morgan fingerprint density at radius 2 is 1.92 bits per heavy atom. The number of nitrogens with two attached hydrogens (primary N) is 1. The molecule has 3 N–H and O–H groups in total. The Labute approximate surface area is 148 Å². The van der Waals surface area contributed by atoms with Gasteiger partial charge in [0.1, 0.15) is 18.5 Å². The molecule has 138 valence electrons. The molecule has 0 aliphatic rings. The maximum absolute atomic E-state index is 12.5. The molecule has 9 heteroatoms. The highest BCUT2D eigenvalue weighted by Gasteiger charge is 2.19. The van der Waals surface area contributed by atoms with Crippen LogP contribution in [0.5, 0.6) is 5.75 Å². The predicted octanol–water partition coefficient (Wildman–Crippen LogP) is -0.236. The second-order valence-corrected chi connectivity index (χ2v) is 6.19. The molecule has 1 aromatic carbocycles. The van der Waals surface area contributed by atoms with Gasteiger partial charge in [0.05, 0.1) is 6.54 Å². The van der Waals surface area contributed by atoms with E-state index in [1.807, 2.05) is 31.2 Å². The fourth-order valence-electron chi connectivity index (χ4n) is 2.82. The van der Waals surface area contributed by atoms with Crippen molar-refractivity contribution in [1.29, 1.82) is 0 Å². The minimum absolute atomic E-state index is 0.0155. The molecule has 0 spiro atoms. The summed E-state index contributed by atoms with van der Waals surface area (Å²) in [5.74, 6) is 0.724. The molecule has 0 bridgehead atoms. The fraction of sp³-hybridized carbons (Fsp3) is 0.353. The van der Waals surface area contributed by atoms with E-state index in [-0.39, 0.29) is 30.3 Å². The predicted molar refractivity (Wildman–Crippen MR) is 97.3 cm³/mol. The first-order valence-electron chi connectivity index (χ1n) is 8.09. The van der Waals surface area contributed by atoms with E-state index in [9.17, 15) is 14.7 Å². The molecule has 0 fully saturated rings. The van der Waals surface area contributed by atoms with Crippen molar-refractivity contribution in [3.8, 4) is 5.75 Å². The van der Waals surface area contributed by atoms with Gasteiger partial charge >= 0.3 is 5.69 Å². The van der Waals surface area contributed by atoms with Gasteiger partial charge in [-0.25, -0.2) is 4.79 Å². The van der Waals surface area contributed by atoms with Crippen molar-refractivity contribution in [2.75, 3.05) is 12.3 Å². The van der Waals surface area contributed by atoms with Gasteiger partial charge in [-0.2, -0.15) is 4.98 Å². The zero-order valence-corrected chi connectivity index (χ0v) is 14.8. The van der Waals surface area contributed by atoms with Gasteiger partial charge in [-0.3, -0.25) is 13.9 Å². The van der Waals surface area contributed by atoms with Crippen LogP contribution in [0.15, 0.2) is 33.9 Å². The molecule has 0 saturated carbocycles. The molecule has 2 aromatic heterocycles. The third kappa shape index (κ3) is 2.97. The Bertz CT molecular complexity index is 1080. The molecule has 3 aromatic rings. The zero-order chi connectivity index (χ0) is 19.0. The normalized spacial score (nSPS) is 12.5. The highest BCUT2D eigenvalue weighted by atomic mass is 16.5. The summed E-state index contributed by atoms with van der Waals surface area (Å²) in [4.78, 5) is 28.6. The lowest BCUT2D eigenvalue weighted by atomic mass is 10.2. The van der Waals surface area contributed by atoms with Crippen molar-refractivity contribution in [3.05, 3.63) is 50.7 Å². The van der Waals surface area contributed by atoms with Crippen molar-refractivity contribution < 1.29 is 9.84 Å². The number of hydrogen-bond donors (Lipinski definition) is 2. The largest absolute Gasteiger partial charge is 0.491 e. The van der Waals surface area contributed by atoms with E-state index in [4.69, 9.17) is 10.5 Å². The molecule has 0 saturated heterocycles. The Morgan fingerprint density at radius 3 is 2.62 bits per heavy atom. The quantitative estimate of drug-likeness (QED) is 0.649. The van der Waals surface area contributed by atoms with Gasteiger partial charge in [0.15, 0.2) is 11.2 Å². The number of benzene rings is 1. The van der Waals surface area contributed by atoms with Crippen LogP contribution in [0, 0.1) is 6.92 Å². The highest BCUT2D eigenvalue weighted by molar-refractivity contribution is 5.73. The maximum Gasteiger partial charge on any atom is 0.332 e. The van der Waals surface area contributed by atoms with Crippen LogP contribution in [0.25, 0.3) is 11.2 Å². The van der Waals surface area contributed by atoms with Gasteiger partial charge in [-0.15, -0.1) is 0 Å². The number of aliphatic hydroxyl groups excluding tert-OH is 1. The number of rotatable bonds is 5. The van der Waals surface area contributed by atoms with Crippen molar-refractivity contribution in [1.82, 2.24) is 18.7 Å². The molecule has 2 heterocycles. The van der Waals surface area contributed by atoms with E-state index in [2.05, 4.69) is 4.98 Å². The molecule has 0 aliphatic carbocycles. The van der Waals surface area contributed by atoms with Crippen LogP contribution in [-0.4, -0.2) is 36.5 Å². The topological polar surface area (TPSA) is 117 Å². The SMILES string of the molecule is Cc1ccccc1OCC(O)Cn1c(N)nc2c1c(=O)n(C)c(=O)n2C. The minimum atomic E-state index is -0.920. The van der Waals surface area contributed by atoms with Crippen LogP contribution in [0.1, 0.15) is 5.56 Å². The molecule has 26 heavy (non-hydrogen) atoms. The standard InChI is InChI=1S/C17H21N5O4/c1-10-6-4-5-7-12(10)26-9-11(23)8-22-13-14(19-16(22)18)20(2)17(25)21(3)15(13)24/h4-7,11,23H,8-9H2,1-3H3,(H2,18,19). The number of aliphatic hydroxyl groups is 1. The van der Waals surface area contributed by atoms with Crippen molar-refractivity contribution >= 4 is 17.1 Å². The molecule has 0 amide bonds. The average Bonchev–Trinajstić information content (AvgIpc) is 2.94. The van der Waals surface area contributed by atoms with Crippen LogP contribution in [0.2, 0.25) is 0 Å². The summed E-state index contributed by atoms with van der Waals surface area (Å²) in [6.07, 6.45) is -0.920. The Balaban J connectivity index is 1.89. The van der Waals surface area contributed by atoms with Gasteiger partial charge in [0.25, 0.3) is 5.56 Å². The summed E-state index contributed by atoms with van der Waals surface area (Å²) >= 11 is 0. The third-order valence-corrected chi connectivity index (χ3v) is 4.30. The minimum Gasteiger partial charge on any atom is -0.491 e. The van der Waals surface area contributed by atoms with E-state index in [1.165, 1.54) is 23.2 Å². The zero-order valence-electron chi connectivity index (χ0n) is 14.8. The second-order valence-electron chi connectivity index (χ2n) is 6.19. The van der Waals surface area contributed by atoms with E-state index >= 15 is 0 Å². The molecular formula is C17H21N5O4. The molecule has 9 nitrogen and oxygen atoms in total. The molecule has 0 aliphatic heterocycles. The Hall–Kier alpha value is -3.07. The lowest BCUT2D eigenvalue weighted by Gasteiger charge is -2.15. The number of aromatic nitrogens is 4. The summed E-state index contributed by atoms with van der Waals surface area (Å²) in [5, 5.41) is 10.3. The average molecular weight is 359 g/mol. The Morgan fingerprint density at radius 1 is 1.23 bits per heavy atom. The molecular weight excluding hydrogens is 338 g/mol. The van der Waals surface area contributed by atoms with Crippen LogP contribution in [-0.2, 0) is 20.6 Å². The van der Waals surface area contributed by atoms with Crippen molar-refractivity contribution in [3.63, 3.8) is 0 Å². The Kier molecular flexibility index (Phi) is 4.56. The lowest BCUT2D eigenvalue weighted by Crippen LogP contribution is -2.38. The lowest BCUT2D eigenvalue weighted by molar-refractivity contribution is 0.0935. The highest BCUT2D eigenvalue weighted by Crippen LogP contribution is 2.17. The van der Waals surface area contributed by atoms with Crippen LogP contribution < -0.4 is 21.7 Å². The third-order valence-electron chi connectivity index (χ3n) is 4.30. The summed E-state index contributed by atoms with van der Waals surface area (Å²) in [6.45, 7) is 1.95. The molecule has 0 radical (unpaired) electrons. The fourth-order valence-corrected chi connectivity index (χ4v) is 2.82. The van der Waals surface area contributed by atoms with E-state index in [0.717, 1.165) is 10.1 Å². The van der Waals surface area contributed by atoms with E-state index in [0.29, 0.717) is 5.75 Å². The second kappa shape index (κ2) is 6.68. The van der Waals surface area contributed by atoms with Crippen LogP contribution in [0.3, 0.4) is 0 Å². The van der Waals surface area contributed by atoms with E-state index < -0.39 is 17.4 Å². The van der Waals surface area contributed by atoms with E-state index in [1.54, 1.807) is 0 Å². The monoisotopic (exact) mass is 359 g/mol. The summed E-state index contributed by atoms with van der Waals surface area (Å²) in [7, 11) is 2.90. The van der Waals surface area contributed by atoms with Crippen molar-refractivity contribution in [2.45, 2.75) is 19.6 Å². The van der Waals surface area contributed by atoms with Crippen LogP contribution in [0.4, 0.5) is 5.95 Å². The number of imidazole rings is 1. The number of aryl methyl sites for hydroxylation is 2. The van der Waals surface area contributed by atoms with Gasteiger partial charge in [-0.05, 0) is 18.6 Å². The first kappa shape index (κ1) is 17.7. The van der Waals surface area contributed by atoms with Crippen molar-refractivity contribution in [2.24, 2.45) is 14.1 Å². The number of nitrogen functional groups attached to an aromatic ring is 1. The number of hydrogen-bond acceptors (Lipinski definition) is 6. The molecule has 3 rings (SSSR count). The maximum atomic E-state index is 12.5. The smallest absolute Gasteiger partial charge is 0.332 e. The van der Waals surface area contributed by atoms with Gasteiger partial charge < -0.3 is 20.1 Å². The number of nitrogens with zero attached hydrogens (tertiary/aromatic N) is 4. The number of ether oxygens (including phenoxy) is 1. The van der Waals surface area contributed by atoms with Gasteiger partial charge in [0, 0.05) is 14.1 Å². The summed E-state index contributed by atoms with van der Waals surface area (Å²) in [5.41, 5.74) is 6.21. The summed E-state index contributed by atoms with van der Waals surface area (Å²) in [6, 6.07) is 7.47. The van der Waals surface area contributed by atoms with Crippen LogP contribution >= 0.6 is 0 Å². The first-order chi connectivity index (χ1) is 12.3. The number of anilines is 1.